The zero-order chi connectivity index (χ0) is 19.3. The second-order valence-corrected chi connectivity index (χ2v) is 8.28. The molecule has 0 unspecified atom stereocenters. The lowest BCUT2D eigenvalue weighted by Crippen LogP contribution is -2.32. The number of sulfonamides is 1. The average molecular weight is 447 g/mol. The lowest BCUT2D eigenvalue weighted by Gasteiger charge is -2.17. The van der Waals surface area contributed by atoms with Crippen LogP contribution in [0.25, 0.3) is 0 Å². The molecule has 26 heavy (non-hydrogen) atoms. The fourth-order valence-electron chi connectivity index (χ4n) is 2.16. The van der Waals surface area contributed by atoms with Crippen LogP contribution in [-0.4, -0.2) is 32.8 Å². The number of carbonyl (C=O) groups is 1. The molecule has 0 atom stereocenters. The monoisotopic (exact) mass is 446 g/mol. The average Bonchev–Trinajstić information content (AvgIpc) is 2.59. The number of rotatable bonds is 7. The molecule has 2 aromatic rings. The fraction of sp³-hybridized carbons (Fsp3) is 0.235. The van der Waals surface area contributed by atoms with E-state index in [9.17, 15) is 22.0 Å². The highest BCUT2D eigenvalue weighted by molar-refractivity contribution is 9.10. The third-order valence-electron chi connectivity index (χ3n) is 3.59. The van der Waals surface area contributed by atoms with E-state index in [0.717, 1.165) is 22.2 Å². The van der Waals surface area contributed by atoms with Gasteiger partial charge in [-0.1, -0.05) is 28.1 Å². The lowest BCUT2D eigenvalue weighted by molar-refractivity contribution is -0.130. The van der Waals surface area contributed by atoms with Gasteiger partial charge in [-0.15, -0.1) is 0 Å². The molecule has 2 aromatic carbocycles. The zero-order valence-corrected chi connectivity index (χ0v) is 16.3. The quantitative estimate of drug-likeness (QED) is 0.710. The van der Waals surface area contributed by atoms with Gasteiger partial charge < -0.3 is 4.90 Å². The summed E-state index contributed by atoms with van der Waals surface area (Å²) >= 11 is 3.33. The van der Waals surface area contributed by atoms with Crippen molar-refractivity contribution in [3.63, 3.8) is 0 Å². The first-order valence-corrected chi connectivity index (χ1v) is 9.90. The van der Waals surface area contributed by atoms with Gasteiger partial charge in [-0.2, -0.15) is 0 Å². The van der Waals surface area contributed by atoms with Crippen molar-refractivity contribution in [2.45, 2.75) is 17.9 Å². The largest absolute Gasteiger partial charge is 0.341 e. The summed E-state index contributed by atoms with van der Waals surface area (Å²) in [7, 11) is -2.40. The van der Waals surface area contributed by atoms with Crippen LogP contribution >= 0.6 is 15.9 Å². The molecule has 1 amide bonds. The Hall–Kier alpha value is -1.84. The zero-order valence-electron chi connectivity index (χ0n) is 13.9. The molecule has 0 aliphatic rings. The Balaban J connectivity index is 1.88. The Kier molecular flexibility index (Phi) is 6.85. The van der Waals surface area contributed by atoms with Gasteiger partial charge in [-0.3, -0.25) is 4.79 Å². The molecule has 0 heterocycles. The molecule has 140 valence electrons. The number of benzene rings is 2. The van der Waals surface area contributed by atoms with Crippen molar-refractivity contribution in [3.05, 3.63) is 64.1 Å². The van der Waals surface area contributed by atoms with Gasteiger partial charge >= 0.3 is 0 Å². The summed E-state index contributed by atoms with van der Waals surface area (Å²) in [6.45, 7) is 0.243. The van der Waals surface area contributed by atoms with E-state index < -0.39 is 26.6 Å². The first kappa shape index (κ1) is 20.5. The van der Waals surface area contributed by atoms with Gasteiger partial charge in [0.15, 0.2) is 11.6 Å². The molecule has 0 saturated carbocycles. The topological polar surface area (TPSA) is 66.5 Å². The molecule has 0 fully saturated rings. The van der Waals surface area contributed by atoms with Crippen LogP contribution in [-0.2, 0) is 21.4 Å². The number of nitrogens with one attached hydrogen (secondary N) is 1. The van der Waals surface area contributed by atoms with Crippen molar-refractivity contribution in [2.75, 3.05) is 13.6 Å². The second-order valence-electron chi connectivity index (χ2n) is 5.60. The maximum absolute atomic E-state index is 13.2. The molecule has 0 aromatic heterocycles. The molecule has 5 nitrogen and oxygen atoms in total. The molecule has 0 spiro atoms. The summed E-state index contributed by atoms with van der Waals surface area (Å²) in [5, 5.41) is 0. The van der Waals surface area contributed by atoms with Crippen molar-refractivity contribution < 1.29 is 22.0 Å². The highest BCUT2D eigenvalue weighted by atomic mass is 79.9. The highest BCUT2D eigenvalue weighted by Gasteiger charge is 2.17. The smallest absolute Gasteiger partial charge is 0.240 e. The van der Waals surface area contributed by atoms with Crippen LogP contribution in [0.2, 0.25) is 0 Å². The predicted octanol–water partition coefficient (Wildman–Crippen LogP) is 3.05. The Morgan fingerprint density at radius 3 is 2.38 bits per heavy atom. The minimum Gasteiger partial charge on any atom is -0.341 e. The Morgan fingerprint density at radius 2 is 1.77 bits per heavy atom. The van der Waals surface area contributed by atoms with E-state index in [4.69, 9.17) is 0 Å². The number of nitrogens with zero attached hydrogens (tertiary/aromatic N) is 1. The molecule has 9 heteroatoms. The molecule has 0 aliphatic carbocycles. The summed E-state index contributed by atoms with van der Waals surface area (Å²) in [5.74, 6) is -2.63. The van der Waals surface area contributed by atoms with Crippen molar-refractivity contribution in [2.24, 2.45) is 0 Å². The van der Waals surface area contributed by atoms with Crippen LogP contribution in [0.4, 0.5) is 8.78 Å². The van der Waals surface area contributed by atoms with E-state index >= 15 is 0 Å². The van der Waals surface area contributed by atoms with Crippen LogP contribution in [0.1, 0.15) is 12.0 Å². The number of halogens is 3. The van der Waals surface area contributed by atoms with E-state index in [1.165, 1.54) is 4.90 Å². The van der Waals surface area contributed by atoms with Crippen LogP contribution in [0.15, 0.2) is 51.8 Å². The van der Waals surface area contributed by atoms with Gasteiger partial charge in [0.2, 0.25) is 15.9 Å². The summed E-state index contributed by atoms with van der Waals surface area (Å²) in [6, 6.07) is 9.77. The Bertz CT molecular complexity index is 889. The van der Waals surface area contributed by atoms with E-state index in [-0.39, 0.29) is 18.9 Å². The minimum absolute atomic E-state index is 0.0596. The van der Waals surface area contributed by atoms with Gasteiger partial charge in [0.05, 0.1) is 4.90 Å². The van der Waals surface area contributed by atoms with E-state index in [0.29, 0.717) is 12.6 Å². The minimum atomic E-state index is -4.02. The Morgan fingerprint density at radius 1 is 1.12 bits per heavy atom. The molecule has 1 N–H and O–H groups in total. The van der Waals surface area contributed by atoms with Crippen LogP contribution < -0.4 is 4.72 Å². The van der Waals surface area contributed by atoms with Crippen LogP contribution in [0.5, 0.6) is 0 Å². The maximum Gasteiger partial charge on any atom is 0.240 e. The van der Waals surface area contributed by atoms with Crippen molar-refractivity contribution in [1.29, 1.82) is 0 Å². The number of hydrogen-bond acceptors (Lipinski definition) is 3. The molecule has 2 rings (SSSR count). The standard InChI is InChI=1S/C17H17BrF2N2O3S/c1-22(11-12-2-4-13(18)5-3-12)17(23)8-9-21-26(24,25)14-6-7-15(19)16(20)10-14/h2-7,10,21H,8-9,11H2,1H3. The van der Waals surface area contributed by atoms with Crippen molar-refractivity contribution in [3.8, 4) is 0 Å². The van der Waals surface area contributed by atoms with E-state index in [1.807, 2.05) is 24.3 Å². The third-order valence-corrected chi connectivity index (χ3v) is 5.58. The molecule has 0 bridgehead atoms. The number of hydrogen-bond donors (Lipinski definition) is 1. The predicted molar refractivity (Wildman–Crippen MR) is 96.8 cm³/mol. The molecule has 0 saturated heterocycles. The highest BCUT2D eigenvalue weighted by Crippen LogP contribution is 2.14. The summed E-state index contributed by atoms with van der Waals surface area (Å²) in [4.78, 5) is 13.2. The van der Waals surface area contributed by atoms with Crippen LogP contribution in [0, 0.1) is 11.6 Å². The van der Waals surface area contributed by atoms with Gasteiger partial charge in [0.25, 0.3) is 0 Å². The maximum atomic E-state index is 13.2. The molecule has 0 aliphatic heterocycles. The van der Waals surface area contributed by atoms with Gasteiger partial charge in [-0.25, -0.2) is 21.9 Å². The normalized spacial score (nSPS) is 11.4. The first-order chi connectivity index (χ1) is 12.2. The SMILES string of the molecule is CN(Cc1ccc(Br)cc1)C(=O)CCNS(=O)(=O)c1ccc(F)c(F)c1. The van der Waals surface area contributed by atoms with Gasteiger partial charge in [0, 0.05) is 31.0 Å². The fourth-order valence-corrected chi connectivity index (χ4v) is 3.47. The molecule has 0 radical (unpaired) electrons. The number of carbonyl (C=O) groups excluding carboxylic acids is 1. The van der Waals surface area contributed by atoms with E-state index in [2.05, 4.69) is 20.7 Å². The third kappa shape index (κ3) is 5.58. The van der Waals surface area contributed by atoms with Crippen LogP contribution in [0.3, 0.4) is 0 Å². The molecular weight excluding hydrogens is 430 g/mol. The second kappa shape index (κ2) is 8.70. The summed E-state index contributed by atoms with van der Waals surface area (Å²) < 4.78 is 53.3. The first-order valence-electron chi connectivity index (χ1n) is 7.62. The van der Waals surface area contributed by atoms with Gasteiger partial charge in [0.1, 0.15) is 0 Å². The van der Waals surface area contributed by atoms with E-state index in [1.54, 1.807) is 7.05 Å². The lowest BCUT2D eigenvalue weighted by atomic mass is 10.2. The number of amides is 1. The van der Waals surface area contributed by atoms with Crippen molar-refractivity contribution in [1.82, 2.24) is 9.62 Å². The molecular formula is C17H17BrF2N2O3S. The van der Waals surface area contributed by atoms with Gasteiger partial charge in [-0.05, 0) is 35.9 Å². The summed E-state index contributed by atoms with van der Waals surface area (Å²) in [6.07, 6.45) is -0.0596. The Labute approximate surface area is 159 Å². The van der Waals surface area contributed by atoms with Crippen molar-refractivity contribution >= 4 is 31.9 Å². The summed E-state index contributed by atoms with van der Waals surface area (Å²) in [5.41, 5.74) is 0.936.